The molecule has 1 heterocycles. The average molecular weight is 335 g/mol. The van der Waals surface area contributed by atoms with E-state index in [2.05, 4.69) is 5.10 Å². The highest BCUT2D eigenvalue weighted by molar-refractivity contribution is 6.04. The summed E-state index contributed by atoms with van der Waals surface area (Å²) in [6.45, 7) is 0. The largest absolute Gasteiger partial charge is 0.378 e. The first-order chi connectivity index (χ1) is 10.5. The Labute approximate surface area is 138 Å². The molecule has 0 saturated heterocycles. The van der Waals surface area contributed by atoms with Gasteiger partial charge in [0.2, 0.25) is 0 Å². The van der Waals surface area contributed by atoms with E-state index >= 15 is 0 Å². The van der Waals surface area contributed by atoms with Crippen molar-refractivity contribution in [3.63, 3.8) is 0 Å². The highest BCUT2D eigenvalue weighted by atomic mass is 35.5. The fourth-order valence-electron chi connectivity index (χ4n) is 2.32. The molecule has 5 nitrogen and oxygen atoms in total. The molecule has 3 aromatic rings. The quantitative estimate of drug-likeness (QED) is 0.801. The van der Waals surface area contributed by atoms with Gasteiger partial charge >= 0.3 is 0 Å². The second-order valence-electron chi connectivity index (χ2n) is 5.24. The van der Waals surface area contributed by atoms with Crippen molar-refractivity contribution in [2.45, 2.75) is 0 Å². The van der Waals surface area contributed by atoms with Crippen molar-refractivity contribution < 1.29 is 9.18 Å². The molecule has 2 aromatic carbocycles. The van der Waals surface area contributed by atoms with E-state index in [1.54, 1.807) is 10.9 Å². The average Bonchev–Trinajstić information content (AvgIpc) is 2.89. The maximum atomic E-state index is 13.6. The summed E-state index contributed by atoms with van der Waals surface area (Å²) >= 11 is 0. The number of rotatable bonds is 3. The Balaban J connectivity index is 0.00000192. The topological polar surface area (TPSA) is 64.2 Å². The Morgan fingerprint density at radius 1 is 1.22 bits per heavy atom. The Morgan fingerprint density at radius 2 is 1.87 bits per heavy atom. The summed E-state index contributed by atoms with van der Waals surface area (Å²) in [5.41, 5.74) is 7.64. The molecule has 0 bridgehead atoms. The molecule has 0 unspecified atom stereocenters. The molecule has 0 spiro atoms. The standard InChI is InChI=1S/C16H15FN4O.ClH/c1-20(2)12-3-5-13(6-4-12)21-9-10-7-11(17)8-14(16(18)22)15(10)19-21;/h3-9H,1-2H3,(H2,18,22);1H. The zero-order valence-corrected chi connectivity index (χ0v) is 13.5. The number of nitrogens with zero attached hydrogens (tertiary/aromatic N) is 3. The maximum absolute atomic E-state index is 13.6. The molecular formula is C16H16ClFN4O. The molecule has 120 valence electrons. The van der Waals surface area contributed by atoms with Crippen LogP contribution >= 0.6 is 12.4 Å². The van der Waals surface area contributed by atoms with Crippen LogP contribution in [-0.4, -0.2) is 29.8 Å². The second-order valence-corrected chi connectivity index (χ2v) is 5.24. The predicted molar refractivity (Wildman–Crippen MR) is 91.1 cm³/mol. The molecule has 0 saturated carbocycles. The third-order valence-electron chi connectivity index (χ3n) is 3.47. The van der Waals surface area contributed by atoms with E-state index in [9.17, 15) is 9.18 Å². The van der Waals surface area contributed by atoms with Crippen molar-refractivity contribution in [3.8, 4) is 5.69 Å². The molecule has 0 aliphatic carbocycles. The van der Waals surface area contributed by atoms with Gasteiger partial charge in [-0.2, -0.15) is 5.10 Å². The summed E-state index contributed by atoms with van der Waals surface area (Å²) in [5, 5.41) is 4.89. The van der Waals surface area contributed by atoms with E-state index in [-0.39, 0.29) is 18.0 Å². The molecule has 0 aliphatic heterocycles. The van der Waals surface area contributed by atoms with Gasteiger partial charge in [0.25, 0.3) is 5.91 Å². The molecule has 7 heteroatoms. The van der Waals surface area contributed by atoms with Gasteiger partial charge in [0.05, 0.1) is 11.3 Å². The molecule has 0 atom stereocenters. The van der Waals surface area contributed by atoms with Gasteiger partial charge in [-0.25, -0.2) is 9.07 Å². The molecule has 3 rings (SSSR count). The number of hydrogen-bond acceptors (Lipinski definition) is 3. The number of halogens is 2. The SMILES string of the molecule is CN(C)c1ccc(-n2cc3cc(F)cc(C(N)=O)c3n2)cc1.Cl. The van der Waals surface area contributed by atoms with Crippen LogP contribution in [0.3, 0.4) is 0 Å². The Kier molecular flexibility index (Phi) is 4.56. The highest BCUT2D eigenvalue weighted by Crippen LogP contribution is 2.22. The summed E-state index contributed by atoms with van der Waals surface area (Å²) in [4.78, 5) is 13.4. The lowest BCUT2D eigenvalue weighted by molar-refractivity contribution is 0.100. The van der Waals surface area contributed by atoms with Crippen LogP contribution in [0.4, 0.5) is 10.1 Å². The van der Waals surface area contributed by atoms with Crippen LogP contribution in [0.15, 0.2) is 42.6 Å². The Bertz CT molecular complexity index is 858. The normalized spacial score (nSPS) is 10.4. The van der Waals surface area contributed by atoms with Gasteiger partial charge in [0.1, 0.15) is 11.3 Å². The lowest BCUT2D eigenvalue weighted by atomic mass is 10.1. The van der Waals surface area contributed by atoms with Crippen LogP contribution < -0.4 is 10.6 Å². The van der Waals surface area contributed by atoms with E-state index in [1.807, 2.05) is 43.3 Å². The number of aromatic nitrogens is 2. The van der Waals surface area contributed by atoms with Crippen molar-refractivity contribution in [3.05, 3.63) is 54.0 Å². The smallest absolute Gasteiger partial charge is 0.251 e. The van der Waals surface area contributed by atoms with E-state index in [1.165, 1.54) is 6.07 Å². The highest BCUT2D eigenvalue weighted by Gasteiger charge is 2.13. The fraction of sp³-hybridized carbons (Fsp3) is 0.125. The van der Waals surface area contributed by atoms with Gasteiger partial charge in [0, 0.05) is 31.4 Å². The summed E-state index contributed by atoms with van der Waals surface area (Å²) in [7, 11) is 3.91. The van der Waals surface area contributed by atoms with Gasteiger partial charge in [-0.05, 0) is 36.4 Å². The van der Waals surface area contributed by atoms with Crippen molar-refractivity contribution >= 4 is 34.9 Å². The zero-order valence-electron chi connectivity index (χ0n) is 12.7. The van der Waals surface area contributed by atoms with Crippen LogP contribution in [0.5, 0.6) is 0 Å². The minimum atomic E-state index is -0.697. The van der Waals surface area contributed by atoms with Crippen molar-refractivity contribution in [2.24, 2.45) is 5.73 Å². The van der Waals surface area contributed by atoms with Crippen LogP contribution in [-0.2, 0) is 0 Å². The molecule has 0 radical (unpaired) electrons. The molecule has 1 amide bonds. The maximum Gasteiger partial charge on any atom is 0.251 e. The first-order valence-corrected chi connectivity index (χ1v) is 6.72. The van der Waals surface area contributed by atoms with E-state index in [4.69, 9.17) is 5.73 Å². The molecular weight excluding hydrogens is 319 g/mol. The Hall–Kier alpha value is -2.60. The van der Waals surface area contributed by atoms with Crippen LogP contribution in [0.1, 0.15) is 10.4 Å². The first kappa shape index (κ1) is 16.8. The minimum absolute atomic E-state index is 0. The number of nitrogens with two attached hydrogens (primary N) is 1. The molecule has 1 aromatic heterocycles. The second kappa shape index (κ2) is 6.26. The van der Waals surface area contributed by atoms with Gasteiger partial charge in [0.15, 0.2) is 0 Å². The Morgan fingerprint density at radius 3 is 2.43 bits per heavy atom. The van der Waals surface area contributed by atoms with Crippen molar-refractivity contribution in [2.75, 3.05) is 19.0 Å². The summed E-state index contributed by atoms with van der Waals surface area (Å²) in [6, 6.07) is 10.2. The zero-order chi connectivity index (χ0) is 15.9. The predicted octanol–water partition coefficient (Wildman–Crippen LogP) is 2.75. The third kappa shape index (κ3) is 3.12. The monoisotopic (exact) mass is 334 g/mol. The van der Waals surface area contributed by atoms with E-state index < -0.39 is 11.7 Å². The summed E-state index contributed by atoms with van der Waals surface area (Å²) in [5.74, 6) is -1.21. The number of hydrogen-bond donors (Lipinski definition) is 1. The summed E-state index contributed by atoms with van der Waals surface area (Å²) < 4.78 is 15.2. The fourth-order valence-corrected chi connectivity index (χ4v) is 2.32. The van der Waals surface area contributed by atoms with Crippen molar-refractivity contribution in [1.82, 2.24) is 9.78 Å². The molecule has 0 aliphatic rings. The van der Waals surface area contributed by atoms with Crippen LogP contribution in [0.25, 0.3) is 16.6 Å². The lowest BCUT2D eigenvalue weighted by Gasteiger charge is -2.12. The van der Waals surface area contributed by atoms with Gasteiger partial charge < -0.3 is 10.6 Å². The number of primary amides is 1. The summed E-state index contributed by atoms with van der Waals surface area (Å²) in [6.07, 6.45) is 1.68. The minimum Gasteiger partial charge on any atom is -0.378 e. The van der Waals surface area contributed by atoms with E-state index in [0.717, 1.165) is 17.4 Å². The number of carbonyl (C=O) groups excluding carboxylic acids is 1. The molecule has 23 heavy (non-hydrogen) atoms. The molecule has 2 N–H and O–H groups in total. The van der Waals surface area contributed by atoms with Gasteiger partial charge in [-0.3, -0.25) is 4.79 Å². The molecule has 0 fully saturated rings. The van der Waals surface area contributed by atoms with E-state index in [0.29, 0.717) is 10.9 Å². The first-order valence-electron chi connectivity index (χ1n) is 6.72. The number of carbonyl (C=O) groups is 1. The third-order valence-corrected chi connectivity index (χ3v) is 3.47. The number of anilines is 1. The van der Waals surface area contributed by atoms with Crippen LogP contribution in [0.2, 0.25) is 0 Å². The number of fused-ring (bicyclic) bond motifs is 1. The van der Waals surface area contributed by atoms with Gasteiger partial charge in [-0.1, -0.05) is 0 Å². The lowest BCUT2D eigenvalue weighted by Crippen LogP contribution is -2.12. The van der Waals surface area contributed by atoms with Crippen molar-refractivity contribution in [1.29, 1.82) is 0 Å². The number of amides is 1. The number of benzene rings is 2. The van der Waals surface area contributed by atoms with Crippen LogP contribution in [0, 0.1) is 5.82 Å². The van der Waals surface area contributed by atoms with Gasteiger partial charge in [-0.15, -0.1) is 12.4 Å².